The molecule has 1 aromatic rings. The first kappa shape index (κ1) is 13.8. The summed E-state index contributed by atoms with van der Waals surface area (Å²) in [4.78, 5) is 0. The number of ether oxygens (including phenoxy) is 1. The van der Waals surface area contributed by atoms with Crippen molar-refractivity contribution in [3.05, 3.63) is 47.0 Å². The van der Waals surface area contributed by atoms with E-state index in [4.69, 9.17) is 4.74 Å². The molecule has 1 atom stereocenters. The summed E-state index contributed by atoms with van der Waals surface area (Å²) >= 11 is 0. The highest BCUT2D eigenvalue weighted by Crippen LogP contribution is 2.34. The van der Waals surface area contributed by atoms with Gasteiger partial charge in [-0.25, -0.2) is 0 Å². The van der Waals surface area contributed by atoms with Crippen molar-refractivity contribution in [1.29, 1.82) is 0 Å². The van der Waals surface area contributed by atoms with E-state index in [1.165, 1.54) is 11.1 Å². The lowest BCUT2D eigenvalue weighted by Crippen LogP contribution is -2.41. The van der Waals surface area contributed by atoms with E-state index >= 15 is 0 Å². The van der Waals surface area contributed by atoms with Crippen LogP contribution in [0, 0.1) is 0 Å². The van der Waals surface area contributed by atoms with Crippen LogP contribution in [0.25, 0.3) is 0 Å². The number of nitrogens with one attached hydrogen (secondary N) is 1. The average Bonchev–Trinajstić information content (AvgIpc) is 2.49. The monoisotopic (exact) mass is 273 g/mol. The third-order valence-corrected chi connectivity index (χ3v) is 4.31. The SMILES string of the molecule is OC1(CNCC2=CCCOC2)CCCc2ccccc21. The van der Waals surface area contributed by atoms with Gasteiger partial charge in [-0.3, -0.25) is 0 Å². The zero-order chi connectivity index (χ0) is 13.8. The predicted octanol–water partition coefficient (Wildman–Crippen LogP) is 2.15. The van der Waals surface area contributed by atoms with Crippen LogP contribution in [0.2, 0.25) is 0 Å². The summed E-state index contributed by atoms with van der Waals surface area (Å²) in [6.07, 6.45) is 6.23. The van der Waals surface area contributed by atoms with Crippen molar-refractivity contribution < 1.29 is 9.84 Å². The molecule has 0 amide bonds. The lowest BCUT2D eigenvalue weighted by Gasteiger charge is -2.35. The predicted molar refractivity (Wildman–Crippen MR) is 79.7 cm³/mol. The molecule has 0 radical (unpaired) electrons. The van der Waals surface area contributed by atoms with E-state index in [0.29, 0.717) is 6.54 Å². The van der Waals surface area contributed by atoms with Crippen LogP contribution in [0.5, 0.6) is 0 Å². The molecule has 1 aliphatic heterocycles. The van der Waals surface area contributed by atoms with E-state index < -0.39 is 5.60 Å². The summed E-state index contributed by atoms with van der Waals surface area (Å²) in [6, 6.07) is 8.28. The number of rotatable bonds is 4. The molecule has 2 N–H and O–H groups in total. The van der Waals surface area contributed by atoms with Crippen LogP contribution >= 0.6 is 0 Å². The first-order valence-electron chi connectivity index (χ1n) is 7.55. The van der Waals surface area contributed by atoms with Crippen molar-refractivity contribution in [1.82, 2.24) is 5.32 Å². The lowest BCUT2D eigenvalue weighted by molar-refractivity contribution is 0.0197. The second-order valence-electron chi connectivity index (χ2n) is 5.85. The van der Waals surface area contributed by atoms with Gasteiger partial charge in [0.05, 0.1) is 13.2 Å². The molecule has 0 fully saturated rings. The number of fused-ring (bicyclic) bond motifs is 1. The zero-order valence-corrected chi connectivity index (χ0v) is 11.9. The molecule has 0 saturated carbocycles. The topological polar surface area (TPSA) is 41.5 Å². The Hall–Kier alpha value is -1.16. The highest BCUT2D eigenvalue weighted by Gasteiger charge is 2.33. The molecule has 1 aromatic carbocycles. The van der Waals surface area contributed by atoms with Gasteiger partial charge in [0.15, 0.2) is 0 Å². The van der Waals surface area contributed by atoms with E-state index in [2.05, 4.69) is 29.6 Å². The number of aryl methyl sites for hydroxylation is 1. The third-order valence-electron chi connectivity index (χ3n) is 4.31. The van der Waals surface area contributed by atoms with Gasteiger partial charge in [0.1, 0.15) is 5.60 Å². The smallest absolute Gasteiger partial charge is 0.102 e. The quantitative estimate of drug-likeness (QED) is 0.826. The van der Waals surface area contributed by atoms with Gasteiger partial charge in [0, 0.05) is 13.1 Å². The lowest BCUT2D eigenvalue weighted by atomic mass is 9.79. The standard InChI is InChI=1S/C17H23NO2/c19-17(13-18-11-14-5-4-10-20-12-14)9-3-7-15-6-1-2-8-16(15)17/h1-2,5-6,8,18-19H,3-4,7,9-13H2. The Morgan fingerprint density at radius 1 is 1.30 bits per heavy atom. The molecule has 2 aliphatic rings. The van der Waals surface area contributed by atoms with Gasteiger partial charge in [-0.2, -0.15) is 0 Å². The van der Waals surface area contributed by atoms with Crippen LogP contribution in [-0.4, -0.2) is 31.4 Å². The number of hydrogen-bond donors (Lipinski definition) is 2. The van der Waals surface area contributed by atoms with Gasteiger partial charge >= 0.3 is 0 Å². The van der Waals surface area contributed by atoms with E-state index in [1.54, 1.807) is 0 Å². The summed E-state index contributed by atoms with van der Waals surface area (Å²) < 4.78 is 5.44. The van der Waals surface area contributed by atoms with E-state index in [0.717, 1.165) is 51.0 Å². The van der Waals surface area contributed by atoms with Crippen LogP contribution in [0.3, 0.4) is 0 Å². The molecule has 0 spiro atoms. The molecule has 3 nitrogen and oxygen atoms in total. The summed E-state index contributed by atoms with van der Waals surface area (Å²) in [5, 5.41) is 14.3. The van der Waals surface area contributed by atoms with Gasteiger partial charge in [-0.15, -0.1) is 0 Å². The molecule has 1 aliphatic carbocycles. The molecule has 0 saturated heterocycles. The Morgan fingerprint density at radius 2 is 2.20 bits per heavy atom. The Kier molecular flexibility index (Phi) is 4.20. The molecule has 1 unspecified atom stereocenters. The van der Waals surface area contributed by atoms with Gasteiger partial charge in [0.25, 0.3) is 0 Å². The van der Waals surface area contributed by atoms with Crippen LogP contribution in [0.4, 0.5) is 0 Å². The minimum Gasteiger partial charge on any atom is -0.384 e. The van der Waals surface area contributed by atoms with Gasteiger partial charge < -0.3 is 15.2 Å². The number of aliphatic hydroxyl groups is 1. The van der Waals surface area contributed by atoms with Crippen molar-refractivity contribution in [3.63, 3.8) is 0 Å². The van der Waals surface area contributed by atoms with Gasteiger partial charge in [-0.05, 0) is 42.4 Å². The maximum Gasteiger partial charge on any atom is 0.102 e. The van der Waals surface area contributed by atoms with Crippen molar-refractivity contribution >= 4 is 0 Å². The van der Waals surface area contributed by atoms with E-state index in [9.17, 15) is 5.11 Å². The Bertz CT molecular complexity index is 498. The molecule has 0 bridgehead atoms. The Labute approximate surface area is 120 Å². The summed E-state index contributed by atoms with van der Waals surface area (Å²) in [5.74, 6) is 0. The average molecular weight is 273 g/mol. The largest absolute Gasteiger partial charge is 0.384 e. The third kappa shape index (κ3) is 2.95. The summed E-state index contributed by atoms with van der Waals surface area (Å²) in [5.41, 5.74) is 2.98. The molecule has 3 rings (SSSR count). The fourth-order valence-corrected chi connectivity index (χ4v) is 3.24. The maximum absolute atomic E-state index is 10.9. The molecule has 0 aromatic heterocycles. The van der Waals surface area contributed by atoms with Crippen LogP contribution in [0.1, 0.15) is 30.4 Å². The van der Waals surface area contributed by atoms with E-state index in [-0.39, 0.29) is 0 Å². The van der Waals surface area contributed by atoms with Crippen molar-refractivity contribution in [2.45, 2.75) is 31.3 Å². The molecule has 108 valence electrons. The normalized spacial score (nSPS) is 25.9. The van der Waals surface area contributed by atoms with Gasteiger partial charge in [-0.1, -0.05) is 30.3 Å². The minimum atomic E-state index is -0.717. The zero-order valence-electron chi connectivity index (χ0n) is 11.9. The highest BCUT2D eigenvalue weighted by molar-refractivity contribution is 5.35. The second-order valence-corrected chi connectivity index (χ2v) is 5.85. The van der Waals surface area contributed by atoms with Crippen LogP contribution in [-0.2, 0) is 16.8 Å². The first-order valence-corrected chi connectivity index (χ1v) is 7.55. The molecule has 3 heteroatoms. The fourth-order valence-electron chi connectivity index (χ4n) is 3.24. The molecule has 1 heterocycles. The highest BCUT2D eigenvalue weighted by atomic mass is 16.5. The molecular weight excluding hydrogens is 250 g/mol. The fraction of sp³-hybridized carbons (Fsp3) is 0.529. The number of benzene rings is 1. The Morgan fingerprint density at radius 3 is 3.05 bits per heavy atom. The van der Waals surface area contributed by atoms with Crippen LogP contribution in [0.15, 0.2) is 35.9 Å². The Balaban J connectivity index is 1.63. The minimum absolute atomic E-state index is 0.612. The summed E-state index contributed by atoms with van der Waals surface area (Å²) in [6.45, 7) is 2.98. The van der Waals surface area contributed by atoms with E-state index in [1.807, 2.05) is 6.07 Å². The van der Waals surface area contributed by atoms with Gasteiger partial charge in [0.2, 0.25) is 0 Å². The van der Waals surface area contributed by atoms with Crippen molar-refractivity contribution in [2.24, 2.45) is 0 Å². The molecule has 20 heavy (non-hydrogen) atoms. The molecular formula is C17H23NO2. The van der Waals surface area contributed by atoms with Crippen molar-refractivity contribution in [2.75, 3.05) is 26.3 Å². The van der Waals surface area contributed by atoms with Crippen molar-refractivity contribution in [3.8, 4) is 0 Å². The summed E-state index contributed by atoms with van der Waals surface area (Å²) in [7, 11) is 0. The second kappa shape index (κ2) is 6.08. The first-order chi connectivity index (χ1) is 9.78. The number of hydrogen-bond acceptors (Lipinski definition) is 3. The maximum atomic E-state index is 10.9. The van der Waals surface area contributed by atoms with Crippen LogP contribution < -0.4 is 5.32 Å².